The second-order valence-electron chi connectivity index (χ2n) is 3.90. The van der Waals surface area contributed by atoms with Gasteiger partial charge in [0.05, 0.1) is 0 Å². The van der Waals surface area contributed by atoms with Crippen molar-refractivity contribution in [3.05, 3.63) is 47.1 Å². The quantitative estimate of drug-likeness (QED) is 0.547. The fourth-order valence-corrected chi connectivity index (χ4v) is 2.22. The maximum Gasteiger partial charge on any atom is 0.0118 e. The van der Waals surface area contributed by atoms with Crippen molar-refractivity contribution >= 4 is 0 Å². The highest BCUT2D eigenvalue weighted by molar-refractivity contribution is 5.59. The van der Waals surface area contributed by atoms with E-state index < -0.39 is 0 Å². The van der Waals surface area contributed by atoms with Gasteiger partial charge in [-0.3, -0.25) is 0 Å². The minimum atomic E-state index is 0.847. The van der Waals surface area contributed by atoms with E-state index >= 15 is 0 Å². The molecule has 0 amide bonds. The molecule has 0 nitrogen and oxygen atoms in total. The van der Waals surface area contributed by atoms with Gasteiger partial charge in [-0.05, 0) is 23.5 Å². The van der Waals surface area contributed by atoms with Gasteiger partial charge in [0, 0.05) is 5.92 Å². The number of rotatable bonds is 1. The summed E-state index contributed by atoms with van der Waals surface area (Å²) in [7, 11) is 0. The van der Waals surface area contributed by atoms with Crippen molar-refractivity contribution < 1.29 is 0 Å². The third-order valence-electron chi connectivity index (χ3n) is 3.10. The van der Waals surface area contributed by atoms with Crippen LogP contribution in [0.4, 0.5) is 0 Å². The SMILES string of the molecule is CC1C2=C/C(=C/C3=CCC=C3)C21. The molecular weight excluding hydrogens is 144 g/mol. The summed E-state index contributed by atoms with van der Waals surface area (Å²) in [5, 5.41) is 0. The summed E-state index contributed by atoms with van der Waals surface area (Å²) in [6.07, 6.45) is 12.5. The van der Waals surface area contributed by atoms with Crippen LogP contribution in [-0.2, 0) is 0 Å². The molecule has 1 fully saturated rings. The third-order valence-corrected chi connectivity index (χ3v) is 3.10. The van der Waals surface area contributed by atoms with Crippen molar-refractivity contribution in [2.45, 2.75) is 13.3 Å². The van der Waals surface area contributed by atoms with E-state index in [0.29, 0.717) is 0 Å². The molecule has 0 bridgehead atoms. The van der Waals surface area contributed by atoms with Gasteiger partial charge in [0.1, 0.15) is 0 Å². The van der Waals surface area contributed by atoms with Gasteiger partial charge in [-0.25, -0.2) is 0 Å². The predicted octanol–water partition coefficient (Wildman–Crippen LogP) is 3.01. The summed E-state index contributed by atoms with van der Waals surface area (Å²) < 4.78 is 0. The Balaban J connectivity index is 1.84. The van der Waals surface area contributed by atoms with E-state index in [-0.39, 0.29) is 0 Å². The molecule has 60 valence electrons. The standard InChI is InChI=1S/C12H12/c1-8-11-7-10(12(8)11)6-9-4-2-3-5-9/h2,4-8,12H,3H2,1H3/b10-6-. The van der Waals surface area contributed by atoms with E-state index in [1.807, 2.05) is 0 Å². The summed E-state index contributed by atoms with van der Waals surface area (Å²) in [5.41, 5.74) is 4.62. The molecule has 3 rings (SSSR count). The lowest BCUT2D eigenvalue weighted by molar-refractivity contribution is 0.876. The molecule has 3 aliphatic carbocycles. The smallest absolute Gasteiger partial charge is 0.0118 e. The summed E-state index contributed by atoms with van der Waals surface area (Å²) in [6.45, 7) is 2.32. The lowest BCUT2D eigenvalue weighted by atomic mass is 10.00. The van der Waals surface area contributed by atoms with Crippen LogP contribution < -0.4 is 0 Å². The number of hydrogen-bond donors (Lipinski definition) is 0. The molecular formula is C12H12. The molecule has 0 spiro atoms. The Morgan fingerprint density at radius 3 is 2.92 bits per heavy atom. The van der Waals surface area contributed by atoms with E-state index in [1.54, 1.807) is 11.1 Å². The Morgan fingerprint density at radius 2 is 2.42 bits per heavy atom. The Hall–Kier alpha value is -1.04. The van der Waals surface area contributed by atoms with Crippen LogP contribution in [0.5, 0.6) is 0 Å². The molecule has 0 N–H and O–H groups in total. The fraction of sp³-hybridized carbons (Fsp3) is 0.333. The molecule has 2 atom stereocenters. The van der Waals surface area contributed by atoms with Gasteiger partial charge in [0.25, 0.3) is 0 Å². The molecule has 0 aliphatic heterocycles. The molecule has 0 radical (unpaired) electrons. The van der Waals surface area contributed by atoms with Crippen molar-refractivity contribution in [3.8, 4) is 0 Å². The van der Waals surface area contributed by atoms with E-state index in [4.69, 9.17) is 0 Å². The lowest BCUT2D eigenvalue weighted by Gasteiger charge is -2.05. The predicted molar refractivity (Wildman–Crippen MR) is 50.7 cm³/mol. The Labute approximate surface area is 73.0 Å². The molecule has 3 aliphatic rings. The van der Waals surface area contributed by atoms with Crippen LogP contribution in [0.1, 0.15) is 13.3 Å². The van der Waals surface area contributed by atoms with E-state index in [9.17, 15) is 0 Å². The first-order valence-electron chi connectivity index (χ1n) is 4.66. The zero-order valence-electron chi connectivity index (χ0n) is 7.25. The van der Waals surface area contributed by atoms with Crippen LogP contribution in [0.15, 0.2) is 47.1 Å². The molecule has 0 heteroatoms. The van der Waals surface area contributed by atoms with Gasteiger partial charge >= 0.3 is 0 Å². The van der Waals surface area contributed by atoms with Crippen LogP contribution in [-0.4, -0.2) is 0 Å². The first kappa shape index (κ1) is 6.47. The van der Waals surface area contributed by atoms with Crippen molar-refractivity contribution in [2.75, 3.05) is 0 Å². The minimum Gasteiger partial charge on any atom is -0.0801 e. The maximum atomic E-state index is 2.35. The molecule has 0 aromatic carbocycles. The summed E-state index contributed by atoms with van der Waals surface area (Å²) in [4.78, 5) is 0. The minimum absolute atomic E-state index is 0.847. The van der Waals surface area contributed by atoms with E-state index in [0.717, 1.165) is 18.3 Å². The topological polar surface area (TPSA) is 0 Å². The first-order valence-corrected chi connectivity index (χ1v) is 4.66. The zero-order valence-corrected chi connectivity index (χ0v) is 7.25. The fourth-order valence-electron chi connectivity index (χ4n) is 2.22. The molecule has 0 aromatic rings. The number of hydrogen-bond acceptors (Lipinski definition) is 0. The highest BCUT2D eigenvalue weighted by Gasteiger charge is 2.48. The van der Waals surface area contributed by atoms with Crippen LogP contribution >= 0.6 is 0 Å². The highest BCUT2D eigenvalue weighted by atomic mass is 14.5. The van der Waals surface area contributed by atoms with Gasteiger partial charge in [-0.15, -0.1) is 0 Å². The second-order valence-corrected chi connectivity index (χ2v) is 3.90. The van der Waals surface area contributed by atoms with Crippen molar-refractivity contribution in [1.82, 2.24) is 0 Å². The molecule has 12 heavy (non-hydrogen) atoms. The summed E-state index contributed by atoms with van der Waals surface area (Å²) >= 11 is 0. The van der Waals surface area contributed by atoms with Crippen molar-refractivity contribution in [3.63, 3.8) is 0 Å². The largest absolute Gasteiger partial charge is 0.0801 e. The molecule has 1 saturated carbocycles. The summed E-state index contributed by atoms with van der Waals surface area (Å²) in [5.74, 6) is 1.71. The van der Waals surface area contributed by atoms with Crippen LogP contribution in [0, 0.1) is 11.8 Å². The summed E-state index contributed by atoms with van der Waals surface area (Å²) in [6, 6.07) is 0. The normalized spacial score (nSPS) is 38.9. The molecule has 0 saturated heterocycles. The Bertz CT molecular complexity index is 350. The average molecular weight is 156 g/mol. The number of fused-ring (bicyclic) bond motifs is 1. The highest BCUT2D eigenvalue weighted by Crippen LogP contribution is 2.59. The molecule has 0 heterocycles. The average Bonchev–Trinajstić information content (AvgIpc) is 2.50. The van der Waals surface area contributed by atoms with Gasteiger partial charge in [-0.1, -0.05) is 42.9 Å². The van der Waals surface area contributed by atoms with Gasteiger partial charge in [-0.2, -0.15) is 0 Å². The van der Waals surface area contributed by atoms with Gasteiger partial charge < -0.3 is 0 Å². The maximum absolute atomic E-state index is 2.35. The third kappa shape index (κ3) is 0.726. The van der Waals surface area contributed by atoms with Gasteiger partial charge in [0.15, 0.2) is 0 Å². The monoisotopic (exact) mass is 156 g/mol. The van der Waals surface area contributed by atoms with Gasteiger partial charge in [0.2, 0.25) is 0 Å². The van der Waals surface area contributed by atoms with Crippen LogP contribution in [0.25, 0.3) is 0 Å². The van der Waals surface area contributed by atoms with Crippen molar-refractivity contribution in [2.24, 2.45) is 11.8 Å². The zero-order chi connectivity index (χ0) is 8.13. The van der Waals surface area contributed by atoms with Crippen LogP contribution in [0.2, 0.25) is 0 Å². The van der Waals surface area contributed by atoms with Crippen molar-refractivity contribution in [1.29, 1.82) is 0 Å². The van der Waals surface area contributed by atoms with Crippen LogP contribution in [0.3, 0.4) is 0 Å². The Kier molecular flexibility index (Phi) is 1.08. The lowest BCUT2D eigenvalue weighted by Crippen LogP contribution is -1.90. The first-order chi connectivity index (χ1) is 5.86. The second kappa shape index (κ2) is 2.01. The van der Waals surface area contributed by atoms with E-state index in [1.165, 1.54) is 5.57 Å². The van der Waals surface area contributed by atoms with E-state index in [2.05, 4.69) is 37.3 Å². The molecule has 0 aromatic heterocycles. The molecule has 2 unspecified atom stereocenters. The number of allylic oxidation sites excluding steroid dienone is 8. The Morgan fingerprint density at radius 1 is 1.50 bits per heavy atom.